The summed E-state index contributed by atoms with van der Waals surface area (Å²) in [5.41, 5.74) is 2.30. The molecule has 7 nitrogen and oxygen atoms in total. The summed E-state index contributed by atoms with van der Waals surface area (Å²) in [7, 11) is 0. The molecule has 0 saturated carbocycles. The Hall–Kier alpha value is -2.39. The molecule has 3 aliphatic rings. The van der Waals surface area contributed by atoms with Crippen molar-refractivity contribution in [3.8, 4) is 11.4 Å². The van der Waals surface area contributed by atoms with Gasteiger partial charge in [0.15, 0.2) is 5.82 Å². The van der Waals surface area contributed by atoms with Crippen LogP contribution in [-0.2, 0) is 27.4 Å². The molecule has 2 aromatic heterocycles. The number of rotatable bonds is 3. The van der Waals surface area contributed by atoms with E-state index in [2.05, 4.69) is 0 Å². The molecule has 0 N–H and O–H groups in total. The summed E-state index contributed by atoms with van der Waals surface area (Å²) in [4.78, 5) is 22.9. The number of benzene rings is 1. The fourth-order valence-electron chi connectivity index (χ4n) is 5.10. The van der Waals surface area contributed by atoms with Gasteiger partial charge < -0.3 is 14.2 Å². The van der Waals surface area contributed by atoms with Gasteiger partial charge >= 0.3 is 0 Å². The minimum atomic E-state index is -0.537. The lowest BCUT2D eigenvalue weighted by Crippen LogP contribution is -2.32. The maximum Gasteiger partial charge on any atom is 0.265 e. The first-order valence-electron chi connectivity index (χ1n) is 11.3. The van der Waals surface area contributed by atoms with Crippen molar-refractivity contribution in [2.24, 2.45) is 5.92 Å². The predicted molar refractivity (Wildman–Crippen MR) is 119 cm³/mol. The van der Waals surface area contributed by atoms with Crippen LogP contribution in [0.2, 0.25) is 5.02 Å². The zero-order valence-electron chi connectivity index (χ0n) is 17.9. The molecule has 0 spiro atoms. The summed E-state index contributed by atoms with van der Waals surface area (Å²) in [6.45, 7) is 2.60. The summed E-state index contributed by atoms with van der Waals surface area (Å²) in [5.74, 6) is 0.189. The molecule has 172 valence electrons. The summed E-state index contributed by atoms with van der Waals surface area (Å²) >= 11 is 5.98. The average molecular weight is 472 g/mol. The Bertz CT molecular complexity index is 1290. The largest absolute Gasteiger partial charge is 0.381 e. The highest BCUT2D eigenvalue weighted by Crippen LogP contribution is 2.36. The fourth-order valence-corrected chi connectivity index (χ4v) is 5.26. The molecule has 0 radical (unpaired) electrons. The predicted octanol–water partition coefficient (Wildman–Crippen LogP) is 3.88. The van der Waals surface area contributed by atoms with Crippen LogP contribution in [0.4, 0.5) is 4.39 Å². The van der Waals surface area contributed by atoms with Gasteiger partial charge in [-0.15, -0.1) is 0 Å². The third kappa shape index (κ3) is 3.75. The molecular weight excluding hydrogens is 449 g/mol. The van der Waals surface area contributed by atoms with E-state index in [1.165, 1.54) is 10.5 Å². The van der Waals surface area contributed by atoms with Gasteiger partial charge in [-0.1, -0.05) is 11.6 Å². The maximum atomic E-state index is 15.0. The lowest BCUT2D eigenvalue weighted by molar-refractivity contribution is -0.0310. The van der Waals surface area contributed by atoms with Gasteiger partial charge in [0.25, 0.3) is 5.56 Å². The van der Waals surface area contributed by atoms with E-state index in [1.807, 2.05) is 6.07 Å². The molecule has 6 rings (SSSR count). The fraction of sp³-hybridized carbons (Fsp3) is 0.458. The van der Waals surface area contributed by atoms with Crippen LogP contribution >= 0.6 is 11.6 Å². The number of nitrogens with zero attached hydrogens (tertiary/aromatic N) is 3. The van der Waals surface area contributed by atoms with Crippen LogP contribution in [0.1, 0.15) is 42.1 Å². The topological polar surface area (TPSA) is 75.0 Å². The molecule has 3 aromatic rings. The standard InChI is InChI=1S/C24H23ClFN3O4/c25-15-1-2-16(18(26)8-15)23-28-19(13-4-6-33-21(7-13)14-3-5-31-10-14)9-22-27-20-12-32-11-17(20)24(30)29(22)23/h1-2,8-9,13-14,21H,3-7,10-12H2. The number of fused-ring (bicyclic) bond motifs is 2. The molecule has 3 aliphatic heterocycles. The minimum absolute atomic E-state index is 0.101. The molecule has 3 atom stereocenters. The lowest BCUT2D eigenvalue weighted by atomic mass is 9.86. The van der Waals surface area contributed by atoms with Crippen LogP contribution in [0.15, 0.2) is 29.1 Å². The molecule has 0 bridgehead atoms. The summed E-state index contributed by atoms with van der Waals surface area (Å²) < 4.78 is 33.5. The van der Waals surface area contributed by atoms with E-state index in [4.69, 9.17) is 35.8 Å². The lowest BCUT2D eigenvalue weighted by Gasteiger charge is -2.32. The zero-order valence-corrected chi connectivity index (χ0v) is 18.7. The highest BCUT2D eigenvalue weighted by Gasteiger charge is 2.33. The molecule has 33 heavy (non-hydrogen) atoms. The van der Waals surface area contributed by atoms with Crippen LogP contribution in [0, 0.1) is 11.7 Å². The van der Waals surface area contributed by atoms with Crippen LogP contribution in [0.5, 0.6) is 0 Å². The second-order valence-corrected chi connectivity index (χ2v) is 9.35. The van der Waals surface area contributed by atoms with E-state index in [1.54, 1.807) is 12.1 Å². The van der Waals surface area contributed by atoms with Gasteiger partial charge in [-0.25, -0.2) is 18.8 Å². The number of hydrogen-bond acceptors (Lipinski definition) is 6. The van der Waals surface area contributed by atoms with Crippen molar-refractivity contribution < 1.29 is 18.6 Å². The van der Waals surface area contributed by atoms with Gasteiger partial charge in [0.1, 0.15) is 11.5 Å². The summed E-state index contributed by atoms with van der Waals surface area (Å²) in [6, 6.07) is 6.24. The molecule has 2 fully saturated rings. The Kier molecular flexibility index (Phi) is 5.41. The van der Waals surface area contributed by atoms with E-state index in [0.29, 0.717) is 42.6 Å². The number of ether oxygens (including phenoxy) is 3. The van der Waals surface area contributed by atoms with Crippen molar-refractivity contribution in [1.29, 1.82) is 0 Å². The Morgan fingerprint density at radius 2 is 2.00 bits per heavy atom. The molecule has 0 aliphatic carbocycles. The van der Waals surface area contributed by atoms with E-state index < -0.39 is 5.82 Å². The number of halogens is 2. The quantitative estimate of drug-likeness (QED) is 0.577. The number of aromatic nitrogens is 3. The molecular formula is C24H23ClFN3O4. The summed E-state index contributed by atoms with van der Waals surface area (Å²) in [5, 5.41) is 0.280. The second kappa shape index (κ2) is 8.43. The molecule has 9 heteroatoms. The van der Waals surface area contributed by atoms with Gasteiger partial charge in [0, 0.05) is 41.8 Å². The molecule has 1 aromatic carbocycles. The van der Waals surface area contributed by atoms with Crippen molar-refractivity contribution in [2.45, 2.75) is 44.5 Å². The van der Waals surface area contributed by atoms with E-state index in [0.717, 1.165) is 31.6 Å². The molecule has 5 heterocycles. The zero-order chi connectivity index (χ0) is 22.5. The van der Waals surface area contributed by atoms with Crippen molar-refractivity contribution in [2.75, 3.05) is 19.8 Å². The SMILES string of the molecule is O=c1c2c(nc3cc(C4CCOC(C5CCOC5)C4)nc(-c4ccc(Cl)cc4F)n13)COC2. The van der Waals surface area contributed by atoms with Crippen LogP contribution in [0.25, 0.3) is 17.0 Å². The first-order chi connectivity index (χ1) is 16.1. The van der Waals surface area contributed by atoms with E-state index >= 15 is 0 Å². The minimum Gasteiger partial charge on any atom is -0.381 e. The Morgan fingerprint density at radius 1 is 1.09 bits per heavy atom. The first kappa shape index (κ1) is 21.2. The Labute approximate surface area is 194 Å². The normalized spacial score (nSPS) is 25.0. The summed E-state index contributed by atoms with van der Waals surface area (Å²) in [6.07, 6.45) is 2.70. The maximum absolute atomic E-state index is 15.0. The third-order valence-corrected chi connectivity index (χ3v) is 7.13. The van der Waals surface area contributed by atoms with Crippen molar-refractivity contribution in [3.63, 3.8) is 0 Å². The van der Waals surface area contributed by atoms with E-state index in [9.17, 15) is 9.18 Å². The van der Waals surface area contributed by atoms with Gasteiger partial charge in [0.05, 0.1) is 42.7 Å². The van der Waals surface area contributed by atoms with Crippen molar-refractivity contribution >= 4 is 17.2 Å². The molecule has 2 saturated heterocycles. The van der Waals surface area contributed by atoms with Crippen LogP contribution in [0.3, 0.4) is 0 Å². The first-order valence-corrected chi connectivity index (χ1v) is 11.6. The number of hydrogen-bond donors (Lipinski definition) is 0. The molecule has 3 unspecified atom stereocenters. The average Bonchev–Trinajstić information content (AvgIpc) is 3.51. The van der Waals surface area contributed by atoms with Crippen LogP contribution < -0.4 is 5.56 Å². The highest BCUT2D eigenvalue weighted by atomic mass is 35.5. The molecule has 0 amide bonds. The monoisotopic (exact) mass is 471 g/mol. The van der Waals surface area contributed by atoms with Gasteiger partial charge in [-0.05, 0) is 37.5 Å². The third-order valence-electron chi connectivity index (χ3n) is 6.89. The smallest absolute Gasteiger partial charge is 0.265 e. The van der Waals surface area contributed by atoms with Crippen molar-refractivity contribution in [3.05, 3.63) is 62.4 Å². The van der Waals surface area contributed by atoms with Gasteiger partial charge in [0.2, 0.25) is 0 Å². The second-order valence-electron chi connectivity index (χ2n) is 8.91. The van der Waals surface area contributed by atoms with E-state index in [-0.39, 0.29) is 40.6 Å². The van der Waals surface area contributed by atoms with Gasteiger partial charge in [-0.2, -0.15) is 0 Å². The van der Waals surface area contributed by atoms with Crippen LogP contribution in [-0.4, -0.2) is 40.3 Å². The Morgan fingerprint density at radius 3 is 2.82 bits per heavy atom. The van der Waals surface area contributed by atoms with Crippen molar-refractivity contribution in [1.82, 2.24) is 14.4 Å². The Balaban J connectivity index is 1.50. The highest BCUT2D eigenvalue weighted by molar-refractivity contribution is 6.30. The van der Waals surface area contributed by atoms with Gasteiger partial charge in [-0.3, -0.25) is 4.79 Å².